The monoisotopic (exact) mass is 338 g/mol. The summed E-state index contributed by atoms with van der Waals surface area (Å²) >= 11 is 0. The van der Waals surface area contributed by atoms with Gasteiger partial charge in [-0.25, -0.2) is 4.98 Å². The molecule has 0 radical (unpaired) electrons. The fraction of sp³-hybridized carbons (Fsp3) is 0.294. The van der Waals surface area contributed by atoms with Crippen LogP contribution >= 0.6 is 0 Å². The lowest BCUT2D eigenvalue weighted by Gasteiger charge is -2.34. The smallest absolute Gasteiger partial charge is 0.262 e. The highest BCUT2D eigenvalue weighted by atomic mass is 16.1. The topological polar surface area (TPSA) is 110 Å². The Hall–Kier alpha value is -3.00. The molecule has 0 fully saturated rings. The van der Waals surface area contributed by atoms with Gasteiger partial charge in [0.05, 0.1) is 18.8 Å². The minimum atomic E-state index is -0.428. The van der Waals surface area contributed by atoms with Crippen molar-refractivity contribution in [3.63, 3.8) is 0 Å². The molecule has 0 saturated carbocycles. The number of rotatable bonds is 3. The fourth-order valence-electron chi connectivity index (χ4n) is 3.37. The third kappa shape index (κ3) is 2.70. The lowest BCUT2D eigenvalue weighted by molar-refractivity contribution is -0.124. The van der Waals surface area contributed by atoms with Crippen LogP contribution in [0.1, 0.15) is 17.0 Å². The molecule has 4 rings (SSSR count). The summed E-state index contributed by atoms with van der Waals surface area (Å²) in [5, 5.41) is 4.51. The number of benzene rings is 1. The van der Waals surface area contributed by atoms with Gasteiger partial charge in [-0.1, -0.05) is 24.3 Å². The molecule has 1 amide bonds. The largest absolute Gasteiger partial charge is 0.368 e. The molecular weight excluding hydrogens is 320 g/mol. The van der Waals surface area contributed by atoms with Gasteiger partial charge in [-0.2, -0.15) is 5.10 Å². The first kappa shape index (κ1) is 15.5. The average molecular weight is 338 g/mol. The second kappa shape index (κ2) is 5.82. The van der Waals surface area contributed by atoms with Crippen LogP contribution in [0.3, 0.4) is 0 Å². The number of aromatic amines is 1. The average Bonchev–Trinajstić information content (AvgIpc) is 2.96. The number of aryl methyl sites for hydroxylation is 1. The molecular formula is C17H18N6O2. The van der Waals surface area contributed by atoms with E-state index in [0.29, 0.717) is 36.4 Å². The zero-order chi connectivity index (χ0) is 17.6. The second-order valence-corrected chi connectivity index (χ2v) is 6.31. The van der Waals surface area contributed by atoms with Crippen molar-refractivity contribution in [2.45, 2.75) is 25.6 Å². The number of amides is 1. The first-order chi connectivity index (χ1) is 12.0. The summed E-state index contributed by atoms with van der Waals surface area (Å²) in [5.74, 6) is 0.116. The van der Waals surface area contributed by atoms with E-state index in [-0.39, 0.29) is 11.5 Å². The van der Waals surface area contributed by atoms with Crippen molar-refractivity contribution in [2.75, 3.05) is 0 Å². The van der Waals surface area contributed by atoms with Crippen molar-refractivity contribution in [1.29, 1.82) is 0 Å². The Bertz CT molecular complexity index is 1020. The van der Waals surface area contributed by atoms with Crippen molar-refractivity contribution in [3.8, 4) is 0 Å². The molecule has 1 aliphatic heterocycles. The first-order valence-corrected chi connectivity index (χ1v) is 8.04. The number of H-pyrrole nitrogens is 1. The molecule has 0 bridgehead atoms. The molecule has 8 heteroatoms. The van der Waals surface area contributed by atoms with Gasteiger partial charge < -0.3 is 10.7 Å². The third-order valence-electron chi connectivity index (χ3n) is 4.68. The van der Waals surface area contributed by atoms with Crippen molar-refractivity contribution in [1.82, 2.24) is 24.6 Å². The number of carbonyl (C=O) groups is 1. The summed E-state index contributed by atoms with van der Waals surface area (Å²) in [7, 11) is 1.74. The van der Waals surface area contributed by atoms with Crippen molar-refractivity contribution in [2.24, 2.45) is 12.8 Å². The number of aromatic nitrogens is 4. The number of primary amides is 1. The van der Waals surface area contributed by atoms with Crippen LogP contribution in [0.15, 0.2) is 35.3 Å². The lowest BCUT2D eigenvalue weighted by Crippen LogP contribution is -2.48. The van der Waals surface area contributed by atoms with E-state index >= 15 is 0 Å². The summed E-state index contributed by atoms with van der Waals surface area (Å²) in [6, 6.07) is 7.57. The molecule has 8 nitrogen and oxygen atoms in total. The van der Waals surface area contributed by atoms with E-state index in [4.69, 9.17) is 5.73 Å². The van der Waals surface area contributed by atoms with Gasteiger partial charge in [-0.3, -0.25) is 19.2 Å². The summed E-state index contributed by atoms with van der Waals surface area (Å²) in [6.07, 6.45) is 2.05. The summed E-state index contributed by atoms with van der Waals surface area (Å²) in [6.45, 7) is 0.912. The van der Waals surface area contributed by atoms with Crippen LogP contribution in [0.5, 0.6) is 0 Å². The van der Waals surface area contributed by atoms with Gasteiger partial charge in [-0.05, 0) is 17.5 Å². The number of hydrogen-bond acceptors (Lipinski definition) is 5. The molecule has 3 heterocycles. The van der Waals surface area contributed by atoms with Crippen molar-refractivity contribution < 1.29 is 4.79 Å². The minimum Gasteiger partial charge on any atom is -0.368 e. The number of fused-ring (bicyclic) bond motifs is 2. The van der Waals surface area contributed by atoms with Gasteiger partial charge in [-0.15, -0.1) is 0 Å². The Morgan fingerprint density at radius 2 is 2.12 bits per heavy atom. The molecule has 0 saturated heterocycles. The Balaban J connectivity index is 1.70. The highest BCUT2D eigenvalue weighted by Gasteiger charge is 2.30. The van der Waals surface area contributed by atoms with Gasteiger partial charge in [0.25, 0.3) is 5.56 Å². The normalized spacial score (nSPS) is 17.6. The molecule has 25 heavy (non-hydrogen) atoms. The number of carbonyl (C=O) groups excluding carboxylic acids is 1. The van der Waals surface area contributed by atoms with E-state index < -0.39 is 6.04 Å². The quantitative estimate of drug-likeness (QED) is 0.702. The molecule has 3 N–H and O–H groups in total. The molecule has 3 aromatic rings. The molecule has 0 spiro atoms. The van der Waals surface area contributed by atoms with Crippen LogP contribution < -0.4 is 11.3 Å². The lowest BCUT2D eigenvalue weighted by atomic mass is 9.93. The SMILES string of the molecule is Cn1ncc2c(=O)[nH]c(CN3Cc4ccccc4C[C@@H]3C(N)=O)nc21. The highest BCUT2D eigenvalue weighted by Crippen LogP contribution is 2.24. The Morgan fingerprint density at radius 1 is 1.36 bits per heavy atom. The molecule has 1 aliphatic rings. The van der Waals surface area contributed by atoms with Crippen molar-refractivity contribution in [3.05, 3.63) is 57.8 Å². The predicted molar refractivity (Wildman–Crippen MR) is 91.5 cm³/mol. The molecule has 0 unspecified atom stereocenters. The number of nitrogens with zero attached hydrogens (tertiary/aromatic N) is 4. The molecule has 1 atom stereocenters. The van der Waals surface area contributed by atoms with Gasteiger partial charge in [0.15, 0.2) is 5.65 Å². The zero-order valence-electron chi connectivity index (χ0n) is 13.8. The van der Waals surface area contributed by atoms with Gasteiger partial charge in [0, 0.05) is 13.6 Å². The van der Waals surface area contributed by atoms with Crippen LogP contribution in [-0.2, 0) is 31.4 Å². The zero-order valence-corrected chi connectivity index (χ0v) is 13.8. The Labute approximate surface area is 143 Å². The Morgan fingerprint density at radius 3 is 2.88 bits per heavy atom. The standard InChI is InChI=1S/C17H18N6O2/c1-22-16-12(7-19-22)17(25)21-14(20-16)9-23-8-11-5-3-2-4-10(11)6-13(23)15(18)24/h2-5,7,13H,6,8-9H2,1H3,(H2,18,24)(H,20,21,25)/t13-/m1/s1. The van der Waals surface area contributed by atoms with Crippen LogP contribution in [-0.4, -0.2) is 36.6 Å². The van der Waals surface area contributed by atoms with Crippen LogP contribution in [0.25, 0.3) is 11.0 Å². The number of nitrogens with two attached hydrogens (primary N) is 1. The molecule has 128 valence electrons. The van der Waals surface area contributed by atoms with Crippen LogP contribution in [0.4, 0.5) is 0 Å². The molecule has 1 aromatic carbocycles. The summed E-state index contributed by atoms with van der Waals surface area (Å²) in [5.41, 5.74) is 8.18. The van der Waals surface area contributed by atoms with E-state index in [0.717, 1.165) is 11.1 Å². The highest BCUT2D eigenvalue weighted by molar-refractivity contribution is 5.80. The molecule has 2 aromatic heterocycles. The molecule has 0 aliphatic carbocycles. The van der Waals surface area contributed by atoms with Gasteiger partial charge in [0.1, 0.15) is 11.2 Å². The maximum Gasteiger partial charge on any atom is 0.262 e. The summed E-state index contributed by atoms with van der Waals surface area (Å²) in [4.78, 5) is 33.4. The predicted octanol–water partition coefficient (Wildman–Crippen LogP) is 0.0688. The minimum absolute atomic E-state index is 0.235. The van der Waals surface area contributed by atoms with E-state index in [9.17, 15) is 9.59 Å². The van der Waals surface area contributed by atoms with E-state index in [1.54, 1.807) is 11.7 Å². The first-order valence-electron chi connectivity index (χ1n) is 8.04. The second-order valence-electron chi connectivity index (χ2n) is 6.31. The van der Waals surface area contributed by atoms with Crippen LogP contribution in [0, 0.1) is 0 Å². The van der Waals surface area contributed by atoms with E-state index in [1.165, 1.54) is 6.20 Å². The number of nitrogens with one attached hydrogen (secondary N) is 1. The fourth-order valence-corrected chi connectivity index (χ4v) is 3.37. The van der Waals surface area contributed by atoms with Crippen molar-refractivity contribution >= 4 is 16.9 Å². The van der Waals surface area contributed by atoms with Gasteiger partial charge in [0.2, 0.25) is 5.91 Å². The van der Waals surface area contributed by atoms with Gasteiger partial charge >= 0.3 is 0 Å². The summed E-state index contributed by atoms with van der Waals surface area (Å²) < 4.78 is 1.56. The maximum atomic E-state index is 12.2. The third-order valence-corrected chi connectivity index (χ3v) is 4.68. The number of hydrogen-bond donors (Lipinski definition) is 2. The Kier molecular flexibility index (Phi) is 3.61. The van der Waals surface area contributed by atoms with E-state index in [2.05, 4.69) is 15.1 Å². The maximum absolute atomic E-state index is 12.2. The van der Waals surface area contributed by atoms with E-state index in [1.807, 2.05) is 29.2 Å². The van der Waals surface area contributed by atoms with Crippen LogP contribution in [0.2, 0.25) is 0 Å².